The van der Waals surface area contributed by atoms with Gasteiger partial charge in [-0.1, -0.05) is 24.3 Å². The summed E-state index contributed by atoms with van der Waals surface area (Å²) < 4.78 is 5.28. The lowest BCUT2D eigenvalue weighted by Gasteiger charge is -2.36. The van der Waals surface area contributed by atoms with Crippen LogP contribution in [-0.4, -0.2) is 35.9 Å². The minimum Gasteiger partial charge on any atom is -0.496 e. The van der Waals surface area contributed by atoms with Crippen LogP contribution in [0.1, 0.15) is 57.5 Å². The van der Waals surface area contributed by atoms with Crippen LogP contribution in [0.25, 0.3) is 0 Å². The maximum absolute atomic E-state index is 13.5. The molecule has 7 nitrogen and oxygen atoms in total. The Bertz CT molecular complexity index is 1240. The van der Waals surface area contributed by atoms with Crippen molar-refractivity contribution in [2.45, 2.75) is 44.3 Å². The minimum absolute atomic E-state index is 0.0616. The lowest BCUT2D eigenvalue weighted by Crippen LogP contribution is -2.43. The molecule has 184 valence electrons. The van der Waals surface area contributed by atoms with Gasteiger partial charge in [0.15, 0.2) is 0 Å². The monoisotopic (exact) mass is 482 g/mol. The van der Waals surface area contributed by atoms with E-state index in [0.717, 1.165) is 31.2 Å². The van der Waals surface area contributed by atoms with Gasteiger partial charge in [-0.3, -0.25) is 9.59 Å². The lowest BCUT2D eigenvalue weighted by atomic mass is 9.90. The second kappa shape index (κ2) is 11.5. The quantitative estimate of drug-likeness (QED) is 0.506. The molecule has 3 aromatic carbocycles. The highest BCUT2D eigenvalue weighted by molar-refractivity contribution is 6.06. The summed E-state index contributed by atoms with van der Waals surface area (Å²) in [5, 5.41) is 12.0. The zero-order valence-electron chi connectivity index (χ0n) is 20.3. The van der Waals surface area contributed by atoms with Gasteiger partial charge >= 0.3 is 0 Å². The molecule has 0 atom stereocenters. The first kappa shape index (κ1) is 25.0. The van der Waals surface area contributed by atoms with Crippen molar-refractivity contribution in [3.05, 3.63) is 95.1 Å². The summed E-state index contributed by atoms with van der Waals surface area (Å²) in [6.45, 7) is 0.444. The van der Waals surface area contributed by atoms with Crippen molar-refractivity contribution < 1.29 is 14.3 Å². The van der Waals surface area contributed by atoms with E-state index < -0.39 is 0 Å². The molecule has 1 fully saturated rings. The molecule has 0 radical (unpaired) electrons. The molecule has 0 aliphatic heterocycles. The number of hydrogen-bond acceptors (Lipinski definition) is 5. The average molecular weight is 483 g/mol. The molecule has 0 spiro atoms. The number of nitrogens with zero attached hydrogens (tertiary/aromatic N) is 2. The summed E-state index contributed by atoms with van der Waals surface area (Å²) in [7, 11) is 1.53. The molecule has 1 aliphatic rings. The van der Waals surface area contributed by atoms with Crippen molar-refractivity contribution in [2.24, 2.45) is 5.73 Å². The molecule has 0 aromatic heterocycles. The molecule has 0 bridgehead atoms. The first-order valence-electron chi connectivity index (χ1n) is 12.1. The zero-order chi connectivity index (χ0) is 25.5. The smallest absolute Gasteiger partial charge is 0.259 e. The second-order valence-corrected chi connectivity index (χ2v) is 9.04. The largest absolute Gasteiger partial charge is 0.496 e. The van der Waals surface area contributed by atoms with Gasteiger partial charge in [0.2, 0.25) is 0 Å². The Labute approximate surface area is 211 Å². The number of carbonyl (C=O) groups is 2. The van der Waals surface area contributed by atoms with E-state index in [9.17, 15) is 9.59 Å². The summed E-state index contributed by atoms with van der Waals surface area (Å²) in [5.41, 5.74) is 9.26. The summed E-state index contributed by atoms with van der Waals surface area (Å²) in [6.07, 6.45) is 3.48. The number of nitrogens with one attached hydrogen (secondary N) is 1. The number of nitrogens with two attached hydrogens (primary N) is 1. The number of carbonyl (C=O) groups excluding carboxylic acids is 2. The van der Waals surface area contributed by atoms with Crippen LogP contribution in [0.5, 0.6) is 5.75 Å². The Hall–Kier alpha value is -4.15. The van der Waals surface area contributed by atoms with Crippen LogP contribution >= 0.6 is 0 Å². The van der Waals surface area contributed by atoms with E-state index in [-0.39, 0.29) is 23.9 Å². The molecule has 2 amide bonds. The molecule has 7 heteroatoms. The number of benzene rings is 3. The molecule has 3 aromatic rings. The third-order valence-electron chi connectivity index (χ3n) is 6.62. The Balaban J connectivity index is 1.50. The van der Waals surface area contributed by atoms with E-state index in [0.29, 0.717) is 34.7 Å². The number of ether oxygens (including phenoxy) is 1. The van der Waals surface area contributed by atoms with Gasteiger partial charge in [0.25, 0.3) is 11.8 Å². The fourth-order valence-corrected chi connectivity index (χ4v) is 4.55. The van der Waals surface area contributed by atoms with Gasteiger partial charge in [0.1, 0.15) is 5.75 Å². The van der Waals surface area contributed by atoms with Gasteiger partial charge in [0, 0.05) is 29.9 Å². The fraction of sp³-hybridized carbons (Fsp3) is 0.276. The van der Waals surface area contributed by atoms with Crippen molar-refractivity contribution in [3.8, 4) is 11.8 Å². The van der Waals surface area contributed by atoms with Gasteiger partial charge in [-0.15, -0.1) is 0 Å². The number of rotatable bonds is 7. The molecule has 0 heterocycles. The van der Waals surface area contributed by atoms with Crippen molar-refractivity contribution in [1.29, 1.82) is 5.26 Å². The number of para-hydroxylation sites is 1. The molecule has 0 saturated heterocycles. The maximum Gasteiger partial charge on any atom is 0.259 e. The summed E-state index contributed by atoms with van der Waals surface area (Å²) in [6, 6.07) is 23.7. The first-order chi connectivity index (χ1) is 17.5. The van der Waals surface area contributed by atoms with Crippen LogP contribution in [0.2, 0.25) is 0 Å². The molecule has 4 rings (SSSR count). The first-order valence-corrected chi connectivity index (χ1v) is 12.1. The van der Waals surface area contributed by atoms with E-state index in [1.807, 2.05) is 35.2 Å². The third-order valence-corrected chi connectivity index (χ3v) is 6.62. The predicted molar refractivity (Wildman–Crippen MR) is 139 cm³/mol. The van der Waals surface area contributed by atoms with Crippen LogP contribution in [-0.2, 0) is 6.54 Å². The van der Waals surface area contributed by atoms with Crippen LogP contribution in [0.3, 0.4) is 0 Å². The van der Waals surface area contributed by atoms with Crippen molar-refractivity contribution >= 4 is 17.5 Å². The summed E-state index contributed by atoms with van der Waals surface area (Å²) in [5.74, 6) is 0.195. The van der Waals surface area contributed by atoms with E-state index in [1.54, 1.807) is 42.5 Å². The predicted octanol–water partition coefficient (Wildman–Crippen LogP) is 4.73. The highest BCUT2D eigenvalue weighted by atomic mass is 16.5. The number of anilines is 1. The van der Waals surface area contributed by atoms with Gasteiger partial charge in [-0.25, -0.2) is 0 Å². The van der Waals surface area contributed by atoms with E-state index in [4.69, 9.17) is 15.7 Å². The standard InChI is InChI=1S/C29H30N4O3/c1-36-27-5-3-2-4-26(27)28(34)32-24-14-8-21(9-15-24)19-33(25-16-12-23(31)13-17-25)29(35)22-10-6-20(18-30)7-11-22/h2-11,14-15,23,25H,12-13,16-17,19,31H2,1H3,(H,32,34). The normalized spacial score (nSPS) is 17.0. The lowest BCUT2D eigenvalue weighted by molar-refractivity contribution is 0.0606. The molecule has 1 saturated carbocycles. The van der Waals surface area contributed by atoms with E-state index >= 15 is 0 Å². The summed E-state index contributed by atoms with van der Waals surface area (Å²) in [4.78, 5) is 28.1. The Morgan fingerprint density at radius 3 is 2.31 bits per heavy atom. The van der Waals surface area contributed by atoms with Crippen LogP contribution in [0.4, 0.5) is 5.69 Å². The Morgan fingerprint density at radius 1 is 1.00 bits per heavy atom. The summed E-state index contributed by atoms with van der Waals surface area (Å²) >= 11 is 0. The highest BCUT2D eigenvalue weighted by Crippen LogP contribution is 2.26. The van der Waals surface area contributed by atoms with Crippen molar-refractivity contribution in [3.63, 3.8) is 0 Å². The number of methoxy groups -OCH3 is 1. The molecule has 3 N–H and O–H groups in total. The van der Waals surface area contributed by atoms with Crippen LogP contribution in [0.15, 0.2) is 72.8 Å². The Morgan fingerprint density at radius 2 is 1.67 bits per heavy atom. The minimum atomic E-state index is -0.253. The zero-order valence-corrected chi connectivity index (χ0v) is 20.3. The Kier molecular flexibility index (Phi) is 7.99. The topological polar surface area (TPSA) is 108 Å². The van der Waals surface area contributed by atoms with E-state index in [1.165, 1.54) is 7.11 Å². The molecule has 1 aliphatic carbocycles. The SMILES string of the molecule is COc1ccccc1C(=O)Nc1ccc(CN(C(=O)c2ccc(C#N)cc2)C2CCC(N)CC2)cc1. The third kappa shape index (κ3) is 5.91. The van der Waals surface area contributed by atoms with Crippen molar-refractivity contribution in [2.75, 3.05) is 12.4 Å². The number of hydrogen-bond donors (Lipinski definition) is 2. The molecular formula is C29H30N4O3. The van der Waals surface area contributed by atoms with Gasteiger partial charge in [-0.2, -0.15) is 5.26 Å². The molecular weight excluding hydrogens is 452 g/mol. The number of amides is 2. The second-order valence-electron chi connectivity index (χ2n) is 9.04. The molecule has 0 unspecified atom stereocenters. The van der Waals surface area contributed by atoms with E-state index in [2.05, 4.69) is 11.4 Å². The molecule has 36 heavy (non-hydrogen) atoms. The van der Waals surface area contributed by atoms with Crippen LogP contribution < -0.4 is 15.8 Å². The highest BCUT2D eigenvalue weighted by Gasteiger charge is 2.28. The van der Waals surface area contributed by atoms with Crippen molar-refractivity contribution in [1.82, 2.24) is 4.90 Å². The number of nitriles is 1. The van der Waals surface area contributed by atoms with Gasteiger partial charge < -0.3 is 20.7 Å². The maximum atomic E-state index is 13.5. The average Bonchev–Trinajstić information content (AvgIpc) is 2.93. The van der Waals surface area contributed by atoms with Crippen LogP contribution in [0, 0.1) is 11.3 Å². The van der Waals surface area contributed by atoms with Gasteiger partial charge in [0.05, 0.1) is 24.3 Å². The van der Waals surface area contributed by atoms with Gasteiger partial charge in [-0.05, 0) is 79.8 Å². The fourth-order valence-electron chi connectivity index (χ4n) is 4.55.